The van der Waals surface area contributed by atoms with Crippen molar-refractivity contribution in [3.05, 3.63) is 34.6 Å². The molecule has 7 heteroatoms. The van der Waals surface area contributed by atoms with E-state index in [0.717, 1.165) is 25.9 Å². The molecule has 22 heavy (non-hydrogen) atoms. The number of rotatable bonds is 6. The molecular weight excluding hydrogens is 311 g/mol. The Morgan fingerprint density at radius 1 is 1.59 bits per heavy atom. The zero-order valence-electron chi connectivity index (χ0n) is 12.1. The predicted octanol–water partition coefficient (Wildman–Crippen LogP) is 2.80. The van der Waals surface area contributed by atoms with Crippen molar-refractivity contribution in [2.75, 3.05) is 26.2 Å². The van der Waals surface area contributed by atoms with Crippen LogP contribution in [0.1, 0.15) is 24.5 Å². The van der Waals surface area contributed by atoms with Gasteiger partial charge in [0.2, 0.25) is 0 Å². The molecule has 1 saturated heterocycles. The molecule has 122 valence electrons. The van der Waals surface area contributed by atoms with E-state index in [9.17, 15) is 9.18 Å². The Morgan fingerprint density at radius 2 is 2.41 bits per heavy atom. The first kappa shape index (κ1) is 17.0. The summed E-state index contributed by atoms with van der Waals surface area (Å²) in [6, 6.07) is 4.87. The van der Waals surface area contributed by atoms with Crippen LogP contribution in [-0.4, -0.2) is 37.4 Å². The Balaban J connectivity index is 2.10. The maximum atomic E-state index is 14.3. The van der Waals surface area contributed by atoms with Crippen molar-refractivity contribution in [2.24, 2.45) is 5.92 Å². The highest BCUT2D eigenvalue weighted by atomic mass is 35.5. The van der Waals surface area contributed by atoms with Crippen LogP contribution >= 0.6 is 11.6 Å². The van der Waals surface area contributed by atoms with Gasteiger partial charge < -0.3 is 20.5 Å². The number of hydrogen-bond acceptors (Lipinski definition) is 3. The van der Waals surface area contributed by atoms with E-state index in [2.05, 4.69) is 10.6 Å². The molecule has 2 rings (SSSR count). The standard InChI is InChI=1S/C15H20ClFN2O3/c16-12-5-1-4-11(13(12)17)14(10-3-2-6-18-9-10)22-8-7-19-15(20)21/h1,4-5,10,14,18-19H,2-3,6-9H2,(H,20,21)/t10-,14-/m1/s1. The number of halogens is 2. The topological polar surface area (TPSA) is 70.6 Å². The van der Waals surface area contributed by atoms with E-state index in [1.165, 1.54) is 6.07 Å². The Kier molecular flexibility index (Phi) is 6.42. The molecule has 1 aromatic carbocycles. The van der Waals surface area contributed by atoms with E-state index >= 15 is 0 Å². The summed E-state index contributed by atoms with van der Waals surface area (Å²) >= 11 is 5.86. The summed E-state index contributed by atoms with van der Waals surface area (Å²) in [4.78, 5) is 10.5. The second-order valence-electron chi connectivity index (χ2n) is 5.27. The van der Waals surface area contributed by atoms with Crippen LogP contribution in [0.3, 0.4) is 0 Å². The largest absolute Gasteiger partial charge is 0.465 e. The number of amides is 1. The summed E-state index contributed by atoms with van der Waals surface area (Å²) in [6.45, 7) is 2.03. The van der Waals surface area contributed by atoms with Gasteiger partial charge in [-0.15, -0.1) is 0 Å². The zero-order valence-corrected chi connectivity index (χ0v) is 12.9. The summed E-state index contributed by atoms with van der Waals surface area (Å²) in [7, 11) is 0. The lowest BCUT2D eigenvalue weighted by atomic mass is 9.89. The minimum Gasteiger partial charge on any atom is -0.465 e. The van der Waals surface area contributed by atoms with Gasteiger partial charge in [0, 0.05) is 24.6 Å². The van der Waals surface area contributed by atoms with Gasteiger partial charge in [-0.3, -0.25) is 0 Å². The quantitative estimate of drug-likeness (QED) is 0.701. The number of ether oxygens (including phenoxy) is 1. The molecule has 1 aliphatic heterocycles. The van der Waals surface area contributed by atoms with E-state index < -0.39 is 18.0 Å². The molecule has 1 fully saturated rings. The fraction of sp³-hybridized carbons (Fsp3) is 0.533. The van der Waals surface area contributed by atoms with Crippen LogP contribution in [0.15, 0.2) is 18.2 Å². The normalized spacial score (nSPS) is 19.6. The van der Waals surface area contributed by atoms with Gasteiger partial charge >= 0.3 is 6.09 Å². The lowest BCUT2D eigenvalue weighted by Gasteiger charge is -2.31. The Hall–Kier alpha value is -1.37. The molecule has 0 aromatic heterocycles. The SMILES string of the molecule is O=C(O)NCCO[C@@H](c1cccc(Cl)c1F)[C@@H]1CCCNC1. The van der Waals surface area contributed by atoms with Gasteiger partial charge in [-0.25, -0.2) is 9.18 Å². The number of carbonyl (C=O) groups is 1. The Morgan fingerprint density at radius 3 is 3.09 bits per heavy atom. The van der Waals surface area contributed by atoms with Crippen LogP contribution in [0.2, 0.25) is 5.02 Å². The van der Waals surface area contributed by atoms with Crippen LogP contribution in [0.25, 0.3) is 0 Å². The molecule has 0 bridgehead atoms. The summed E-state index contributed by atoms with van der Waals surface area (Å²) in [5, 5.41) is 14.2. The lowest BCUT2D eigenvalue weighted by molar-refractivity contribution is 0.00278. The molecule has 0 spiro atoms. The molecule has 1 heterocycles. The van der Waals surface area contributed by atoms with Crippen molar-refractivity contribution >= 4 is 17.7 Å². The number of hydrogen-bond donors (Lipinski definition) is 3. The fourth-order valence-corrected chi connectivity index (χ4v) is 2.88. The molecule has 0 unspecified atom stereocenters. The highest BCUT2D eigenvalue weighted by molar-refractivity contribution is 6.30. The molecule has 1 amide bonds. The van der Waals surface area contributed by atoms with Gasteiger partial charge in [-0.2, -0.15) is 0 Å². The number of benzene rings is 1. The van der Waals surface area contributed by atoms with Gasteiger partial charge in [0.05, 0.1) is 17.7 Å². The highest BCUT2D eigenvalue weighted by Gasteiger charge is 2.28. The van der Waals surface area contributed by atoms with Crippen molar-refractivity contribution in [3.63, 3.8) is 0 Å². The first-order valence-electron chi connectivity index (χ1n) is 7.32. The summed E-state index contributed by atoms with van der Waals surface area (Å²) in [6.07, 6.45) is 0.381. The second kappa shape index (κ2) is 8.31. The molecule has 0 saturated carbocycles. The average Bonchev–Trinajstić information content (AvgIpc) is 2.51. The third-order valence-electron chi connectivity index (χ3n) is 3.73. The van der Waals surface area contributed by atoms with Gasteiger partial charge in [0.15, 0.2) is 0 Å². The second-order valence-corrected chi connectivity index (χ2v) is 5.68. The third-order valence-corrected chi connectivity index (χ3v) is 4.02. The zero-order chi connectivity index (χ0) is 15.9. The average molecular weight is 331 g/mol. The van der Waals surface area contributed by atoms with Gasteiger partial charge in [0.1, 0.15) is 5.82 Å². The molecule has 5 nitrogen and oxygen atoms in total. The summed E-state index contributed by atoms with van der Waals surface area (Å²) in [5.74, 6) is -0.336. The van der Waals surface area contributed by atoms with E-state index in [1.54, 1.807) is 12.1 Å². The van der Waals surface area contributed by atoms with Crippen LogP contribution in [0, 0.1) is 11.7 Å². The number of carboxylic acid groups (broad SMARTS) is 1. The lowest BCUT2D eigenvalue weighted by Crippen LogP contribution is -2.35. The van der Waals surface area contributed by atoms with Gasteiger partial charge in [0.25, 0.3) is 0 Å². The van der Waals surface area contributed by atoms with Gasteiger partial charge in [-0.1, -0.05) is 23.7 Å². The van der Waals surface area contributed by atoms with E-state index in [4.69, 9.17) is 21.4 Å². The van der Waals surface area contributed by atoms with Crippen molar-refractivity contribution in [1.29, 1.82) is 0 Å². The maximum absolute atomic E-state index is 14.3. The van der Waals surface area contributed by atoms with Crippen molar-refractivity contribution < 1.29 is 19.0 Å². The van der Waals surface area contributed by atoms with Crippen molar-refractivity contribution in [3.8, 4) is 0 Å². The predicted molar refractivity (Wildman–Crippen MR) is 81.7 cm³/mol. The summed E-state index contributed by atoms with van der Waals surface area (Å²) in [5.41, 5.74) is 0.427. The van der Waals surface area contributed by atoms with Crippen LogP contribution in [0.5, 0.6) is 0 Å². The molecule has 3 N–H and O–H groups in total. The Bertz CT molecular complexity index is 510. The smallest absolute Gasteiger partial charge is 0.404 e. The number of piperidine rings is 1. The summed E-state index contributed by atoms with van der Waals surface area (Å²) < 4.78 is 20.1. The minimum absolute atomic E-state index is 0.0681. The van der Waals surface area contributed by atoms with E-state index in [1.807, 2.05) is 0 Å². The minimum atomic E-state index is -1.10. The molecule has 1 aliphatic rings. The molecule has 2 atom stereocenters. The van der Waals surface area contributed by atoms with E-state index in [-0.39, 0.29) is 24.1 Å². The molecule has 1 aromatic rings. The van der Waals surface area contributed by atoms with Crippen molar-refractivity contribution in [1.82, 2.24) is 10.6 Å². The van der Waals surface area contributed by atoms with Crippen LogP contribution in [0.4, 0.5) is 9.18 Å². The van der Waals surface area contributed by atoms with Crippen LogP contribution < -0.4 is 10.6 Å². The first-order valence-corrected chi connectivity index (χ1v) is 7.70. The maximum Gasteiger partial charge on any atom is 0.404 e. The third kappa shape index (κ3) is 4.56. The van der Waals surface area contributed by atoms with Crippen molar-refractivity contribution in [2.45, 2.75) is 18.9 Å². The van der Waals surface area contributed by atoms with Gasteiger partial charge in [-0.05, 0) is 25.5 Å². The van der Waals surface area contributed by atoms with E-state index in [0.29, 0.717) is 5.56 Å². The Labute approximate surface area is 133 Å². The monoisotopic (exact) mass is 330 g/mol. The molecular formula is C15H20ClFN2O3. The first-order chi connectivity index (χ1) is 10.6. The van der Waals surface area contributed by atoms with Crippen LogP contribution in [-0.2, 0) is 4.74 Å². The fourth-order valence-electron chi connectivity index (χ4n) is 2.70. The molecule has 0 aliphatic carbocycles. The molecule has 0 radical (unpaired) electrons. The highest BCUT2D eigenvalue weighted by Crippen LogP contribution is 2.34. The number of nitrogens with one attached hydrogen (secondary N) is 2.